The summed E-state index contributed by atoms with van der Waals surface area (Å²) in [5.41, 5.74) is 2.93. The fraction of sp³-hybridized carbons (Fsp3) is 0.158. The summed E-state index contributed by atoms with van der Waals surface area (Å²) in [6, 6.07) is 12.5. The van der Waals surface area contributed by atoms with E-state index in [0.717, 1.165) is 16.8 Å². The van der Waals surface area contributed by atoms with Gasteiger partial charge in [-0.2, -0.15) is 0 Å². The third kappa shape index (κ3) is 4.20. The lowest BCUT2D eigenvalue weighted by Gasteiger charge is -2.15. The van der Waals surface area contributed by atoms with Crippen LogP contribution in [0.1, 0.15) is 21.5 Å². The van der Waals surface area contributed by atoms with E-state index in [1.165, 1.54) is 18.9 Å². The van der Waals surface area contributed by atoms with Gasteiger partial charge in [0, 0.05) is 10.7 Å². The third-order valence-electron chi connectivity index (χ3n) is 3.85. The van der Waals surface area contributed by atoms with Crippen molar-refractivity contribution in [1.29, 1.82) is 0 Å². The normalized spacial score (nSPS) is 17.9. The summed E-state index contributed by atoms with van der Waals surface area (Å²) in [5.74, 6) is -0.539. The molecule has 1 aliphatic rings. The first-order valence-corrected chi connectivity index (χ1v) is 9.12. The number of esters is 1. The highest BCUT2D eigenvalue weighted by molar-refractivity contribution is 8.05. The molecule has 1 aliphatic heterocycles. The molecule has 0 saturated carbocycles. The lowest BCUT2D eigenvalue weighted by Crippen LogP contribution is -2.31. The average Bonchev–Trinajstić information content (AvgIpc) is 2.97. The minimum atomic E-state index is -0.390. The summed E-state index contributed by atoms with van der Waals surface area (Å²) in [7, 11) is 1.34. The molecule has 1 unspecified atom stereocenters. The highest BCUT2D eigenvalue weighted by Crippen LogP contribution is 2.31. The second-order valence-corrected chi connectivity index (χ2v) is 7.28. The molecule has 3 rings (SSSR count). The van der Waals surface area contributed by atoms with Crippen LogP contribution in [0.4, 0.5) is 5.69 Å². The van der Waals surface area contributed by atoms with Gasteiger partial charge in [-0.25, -0.2) is 4.79 Å². The van der Waals surface area contributed by atoms with Gasteiger partial charge in [-0.1, -0.05) is 41.6 Å². The second-order valence-electron chi connectivity index (χ2n) is 5.70. The number of ether oxygens (including phenoxy) is 1. The van der Waals surface area contributed by atoms with E-state index in [9.17, 15) is 9.59 Å². The van der Waals surface area contributed by atoms with Gasteiger partial charge in [0.2, 0.25) is 0 Å². The molecule has 2 N–H and O–H groups in total. The number of hydrogen-bond acceptors (Lipinski definition) is 5. The molecule has 7 heteroatoms. The number of nitrogens with one attached hydrogen (secondary N) is 2. The summed E-state index contributed by atoms with van der Waals surface area (Å²) in [6.45, 7) is 1.97. The number of hydrogen-bond donors (Lipinski definition) is 2. The molecule has 1 heterocycles. The van der Waals surface area contributed by atoms with Gasteiger partial charge in [-0.3, -0.25) is 4.79 Å². The Labute approximate surface area is 160 Å². The minimum absolute atomic E-state index is 0.149. The molecule has 0 bridgehead atoms. The van der Waals surface area contributed by atoms with E-state index in [-0.39, 0.29) is 11.4 Å². The van der Waals surface area contributed by atoms with Crippen LogP contribution >= 0.6 is 23.4 Å². The van der Waals surface area contributed by atoms with E-state index in [1.807, 2.05) is 25.1 Å². The first kappa shape index (κ1) is 18.4. The van der Waals surface area contributed by atoms with Crippen LogP contribution in [0, 0.1) is 6.92 Å². The van der Waals surface area contributed by atoms with Crippen LogP contribution in [0.5, 0.6) is 0 Å². The number of benzene rings is 2. The van der Waals surface area contributed by atoms with Crippen LogP contribution in [-0.2, 0) is 9.53 Å². The molecule has 0 aromatic heterocycles. The highest BCUT2D eigenvalue weighted by atomic mass is 35.5. The molecule has 0 spiro atoms. The van der Waals surface area contributed by atoms with E-state index in [0.29, 0.717) is 15.5 Å². The molecule has 134 valence electrons. The van der Waals surface area contributed by atoms with Crippen molar-refractivity contribution >= 4 is 47.0 Å². The number of amides is 1. The summed E-state index contributed by atoms with van der Waals surface area (Å²) in [6.07, 6.45) is 1.79. The quantitative estimate of drug-likeness (QED) is 0.611. The van der Waals surface area contributed by atoms with Crippen LogP contribution in [0.15, 0.2) is 47.4 Å². The molecule has 5 nitrogen and oxygen atoms in total. The lowest BCUT2D eigenvalue weighted by molar-refractivity contribution is -0.116. The molecule has 26 heavy (non-hydrogen) atoms. The van der Waals surface area contributed by atoms with Crippen LogP contribution < -0.4 is 10.6 Å². The first-order chi connectivity index (χ1) is 12.5. The Kier molecular flexibility index (Phi) is 5.54. The number of anilines is 1. The standard InChI is InChI=1S/C19H17ClN2O3S/c1-11-3-8-14(20)10-15(11)21-19-22-17(23)16(26-19)9-12-4-6-13(7-5-12)18(24)25-2/h3-10,19,21H,1-2H3,(H,22,23)/b16-9-. The minimum Gasteiger partial charge on any atom is -0.465 e. The number of methoxy groups -OCH3 is 1. The Bertz CT molecular complexity index is 881. The van der Waals surface area contributed by atoms with Crippen molar-refractivity contribution in [2.45, 2.75) is 12.4 Å². The lowest BCUT2D eigenvalue weighted by atomic mass is 10.1. The second kappa shape index (κ2) is 7.85. The molecule has 0 aliphatic carbocycles. The molecule has 1 fully saturated rings. The average molecular weight is 389 g/mol. The van der Waals surface area contributed by atoms with Gasteiger partial charge in [-0.15, -0.1) is 0 Å². The highest BCUT2D eigenvalue weighted by Gasteiger charge is 2.27. The van der Waals surface area contributed by atoms with Crippen molar-refractivity contribution in [2.24, 2.45) is 0 Å². The summed E-state index contributed by atoms with van der Waals surface area (Å²) in [5, 5.41) is 6.79. The Balaban J connectivity index is 1.72. The predicted molar refractivity (Wildman–Crippen MR) is 105 cm³/mol. The summed E-state index contributed by atoms with van der Waals surface area (Å²) < 4.78 is 4.68. The van der Waals surface area contributed by atoms with Gasteiger partial charge in [0.15, 0.2) is 5.50 Å². The number of rotatable bonds is 4. The molecule has 2 aromatic rings. The maximum absolute atomic E-state index is 12.2. The molecule has 2 aromatic carbocycles. The smallest absolute Gasteiger partial charge is 0.337 e. The molecule has 0 radical (unpaired) electrons. The fourth-order valence-corrected chi connectivity index (χ4v) is 3.59. The van der Waals surface area contributed by atoms with Crippen LogP contribution in [0.25, 0.3) is 6.08 Å². The van der Waals surface area contributed by atoms with Crippen molar-refractivity contribution in [3.8, 4) is 0 Å². The van der Waals surface area contributed by atoms with Crippen LogP contribution in [-0.4, -0.2) is 24.5 Å². The van der Waals surface area contributed by atoms with Gasteiger partial charge in [0.05, 0.1) is 17.6 Å². The van der Waals surface area contributed by atoms with E-state index in [4.69, 9.17) is 11.6 Å². The van der Waals surface area contributed by atoms with Gasteiger partial charge in [0.25, 0.3) is 5.91 Å². The van der Waals surface area contributed by atoms with Crippen molar-refractivity contribution in [3.05, 3.63) is 69.1 Å². The first-order valence-electron chi connectivity index (χ1n) is 7.86. The largest absolute Gasteiger partial charge is 0.465 e. The molecule has 1 saturated heterocycles. The molecule has 1 atom stereocenters. The monoisotopic (exact) mass is 388 g/mol. The zero-order valence-corrected chi connectivity index (χ0v) is 15.8. The summed E-state index contributed by atoms with van der Waals surface area (Å²) >= 11 is 7.43. The predicted octanol–water partition coefficient (Wildman–Crippen LogP) is 4.03. The molecular formula is C19H17ClN2O3S. The zero-order chi connectivity index (χ0) is 18.7. The number of carbonyl (C=O) groups is 2. The Morgan fingerprint density at radius 1 is 1.27 bits per heavy atom. The van der Waals surface area contributed by atoms with E-state index in [2.05, 4.69) is 15.4 Å². The number of aryl methyl sites for hydroxylation is 1. The van der Waals surface area contributed by atoms with Gasteiger partial charge < -0.3 is 15.4 Å². The van der Waals surface area contributed by atoms with Crippen molar-refractivity contribution in [2.75, 3.05) is 12.4 Å². The Morgan fingerprint density at radius 2 is 2.00 bits per heavy atom. The van der Waals surface area contributed by atoms with Crippen molar-refractivity contribution in [1.82, 2.24) is 5.32 Å². The zero-order valence-electron chi connectivity index (χ0n) is 14.2. The van der Waals surface area contributed by atoms with E-state index >= 15 is 0 Å². The molecule has 1 amide bonds. The fourth-order valence-electron chi connectivity index (χ4n) is 2.44. The number of thioether (sulfide) groups is 1. The van der Waals surface area contributed by atoms with Gasteiger partial charge in [-0.05, 0) is 48.4 Å². The van der Waals surface area contributed by atoms with Crippen LogP contribution in [0.2, 0.25) is 5.02 Å². The SMILES string of the molecule is COC(=O)c1ccc(/C=C2\SC(Nc3cc(Cl)ccc3C)NC2=O)cc1. The number of halogens is 1. The number of carbonyl (C=O) groups excluding carboxylic acids is 2. The van der Waals surface area contributed by atoms with Crippen molar-refractivity contribution in [3.63, 3.8) is 0 Å². The van der Waals surface area contributed by atoms with Crippen LogP contribution in [0.3, 0.4) is 0 Å². The summed E-state index contributed by atoms with van der Waals surface area (Å²) in [4.78, 5) is 24.3. The maximum Gasteiger partial charge on any atom is 0.337 e. The maximum atomic E-state index is 12.2. The van der Waals surface area contributed by atoms with Gasteiger partial charge in [0.1, 0.15) is 0 Å². The molecular weight excluding hydrogens is 372 g/mol. The van der Waals surface area contributed by atoms with E-state index < -0.39 is 5.97 Å². The third-order valence-corrected chi connectivity index (χ3v) is 5.11. The Hall–Kier alpha value is -2.44. The van der Waals surface area contributed by atoms with Gasteiger partial charge >= 0.3 is 5.97 Å². The Morgan fingerprint density at radius 3 is 2.69 bits per heavy atom. The van der Waals surface area contributed by atoms with E-state index in [1.54, 1.807) is 30.3 Å². The van der Waals surface area contributed by atoms with Crippen molar-refractivity contribution < 1.29 is 14.3 Å². The topological polar surface area (TPSA) is 67.4 Å².